The molecule has 3 heterocycles. The molecule has 0 aliphatic carbocycles. The molecule has 0 radical (unpaired) electrons. The molecule has 0 unspecified atom stereocenters. The maximum absolute atomic E-state index is 6.22. The largest absolute Gasteiger partial charge is 0.378 e. The van der Waals surface area contributed by atoms with Crippen LogP contribution < -0.4 is 10.2 Å². The molecule has 17 heavy (non-hydrogen) atoms. The van der Waals surface area contributed by atoms with E-state index in [2.05, 4.69) is 20.2 Å². The Morgan fingerprint density at radius 2 is 2.06 bits per heavy atom. The Bertz CT molecular complexity index is 420. The van der Waals surface area contributed by atoms with Gasteiger partial charge in [0.1, 0.15) is 5.15 Å². The van der Waals surface area contributed by atoms with Crippen LogP contribution >= 0.6 is 11.6 Å². The van der Waals surface area contributed by atoms with Crippen molar-refractivity contribution < 1.29 is 4.74 Å². The van der Waals surface area contributed by atoms with Crippen molar-refractivity contribution in [2.45, 2.75) is 13.0 Å². The third kappa shape index (κ3) is 2.22. The highest BCUT2D eigenvalue weighted by molar-refractivity contribution is 6.30. The number of nitrogens with one attached hydrogen (secondary N) is 1. The van der Waals surface area contributed by atoms with Crippen LogP contribution in [0.3, 0.4) is 0 Å². The lowest BCUT2D eigenvalue weighted by molar-refractivity contribution is 0.122. The first-order valence-electron chi connectivity index (χ1n) is 5.93. The van der Waals surface area contributed by atoms with Crippen LogP contribution in [0.5, 0.6) is 0 Å². The fraction of sp³-hybridized carbons (Fsp3) is 0.636. The number of ether oxygens (including phenoxy) is 1. The summed E-state index contributed by atoms with van der Waals surface area (Å²) in [4.78, 5) is 11.2. The molecule has 1 saturated heterocycles. The highest BCUT2D eigenvalue weighted by Crippen LogP contribution is 2.23. The smallest absolute Gasteiger partial charge is 0.227 e. The molecule has 1 N–H and O–H groups in total. The van der Waals surface area contributed by atoms with Gasteiger partial charge in [0.15, 0.2) is 0 Å². The lowest BCUT2D eigenvalue weighted by atomic mass is 10.1. The zero-order valence-electron chi connectivity index (χ0n) is 9.58. The number of aromatic nitrogens is 2. The summed E-state index contributed by atoms with van der Waals surface area (Å²) >= 11 is 6.22. The number of fused-ring (bicyclic) bond motifs is 1. The molecule has 0 saturated carbocycles. The van der Waals surface area contributed by atoms with Gasteiger partial charge in [0.2, 0.25) is 5.95 Å². The molecule has 0 bridgehead atoms. The molecule has 1 aromatic heterocycles. The fourth-order valence-electron chi connectivity index (χ4n) is 2.19. The second-order valence-electron chi connectivity index (χ2n) is 4.27. The number of nitrogens with zero attached hydrogens (tertiary/aromatic N) is 3. The normalized spacial score (nSPS) is 20.2. The molecule has 92 valence electrons. The molecule has 2 aliphatic heterocycles. The molecule has 1 fully saturated rings. The number of rotatable bonds is 1. The Balaban J connectivity index is 1.92. The monoisotopic (exact) mass is 254 g/mol. The van der Waals surface area contributed by atoms with Crippen molar-refractivity contribution in [3.63, 3.8) is 0 Å². The molecule has 3 rings (SSSR count). The molecule has 2 aliphatic rings. The van der Waals surface area contributed by atoms with E-state index < -0.39 is 0 Å². The summed E-state index contributed by atoms with van der Waals surface area (Å²) in [5.74, 6) is 0.749. The van der Waals surface area contributed by atoms with Crippen LogP contribution in [0.25, 0.3) is 0 Å². The van der Waals surface area contributed by atoms with Gasteiger partial charge in [-0.1, -0.05) is 11.6 Å². The number of hydrogen-bond acceptors (Lipinski definition) is 5. The van der Waals surface area contributed by atoms with Gasteiger partial charge in [0.25, 0.3) is 0 Å². The van der Waals surface area contributed by atoms with E-state index in [9.17, 15) is 0 Å². The average molecular weight is 255 g/mol. The predicted octanol–water partition coefficient (Wildman–Crippen LogP) is 0.612. The maximum atomic E-state index is 6.22. The Kier molecular flexibility index (Phi) is 3.13. The van der Waals surface area contributed by atoms with Crippen LogP contribution in [0, 0.1) is 0 Å². The molecule has 5 nitrogen and oxygen atoms in total. The third-order valence-electron chi connectivity index (χ3n) is 3.16. The number of hydrogen-bond donors (Lipinski definition) is 1. The van der Waals surface area contributed by atoms with E-state index >= 15 is 0 Å². The minimum atomic E-state index is 0.587. The van der Waals surface area contributed by atoms with E-state index in [1.807, 2.05) is 0 Å². The van der Waals surface area contributed by atoms with Gasteiger partial charge in [-0.05, 0) is 0 Å². The minimum Gasteiger partial charge on any atom is -0.378 e. The highest BCUT2D eigenvalue weighted by atomic mass is 35.5. The molecule has 0 spiro atoms. The van der Waals surface area contributed by atoms with Gasteiger partial charge < -0.3 is 15.0 Å². The second kappa shape index (κ2) is 4.76. The van der Waals surface area contributed by atoms with Crippen LogP contribution in [-0.2, 0) is 17.7 Å². The maximum Gasteiger partial charge on any atom is 0.227 e. The molecule has 0 aromatic carbocycles. The molecular formula is C11H15ClN4O. The van der Waals surface area contributed by atoms with Gasteiger partial charge in [0.05, 0.1) is 18.9 Å². The van der Waals surface area contributed by atoms with E-state index in [-0.39, 0.29) is 0 Å². The van der Waals surface area contributed by atoms with E-state index in [1.165, 1.54) is 0 Å². The highest BCUT2D eigenvalue weighted by Gasteiger charge is 2.20. The Morgan fingerprint density at radius 3 is 2.88 bits per heavy atom. The van der Waals surface area contributed by atoms with Crippen molar-refractivity contribution >= 4 is 17.5 Å². The topological polar surface area (TPSA) is 50.3 Å². The molecule has 0 atom stereocenters. The Hall–Kier alpha value is -0.910. The lowest BCUT2D eigenvalue weighted by Crippen LogP contribution is -2.38. The van der Waals surface area contributed by atoms with Gasteiger partial charge in [-0.2, -0.15) is 0 Å². The van der Waals surface area contributed by atoms with Crippen LogP contribution in [-0.4, -0.2) is 42.8 Å². The first-order valence-corrected chi connectivity index (χ1v) is 6.31. The van der Waals surface area contributed by atoms with Crippen molar-refractivity contribution in [3.05, 3.63) is 16.4 Å². The van der Waals surface area contributed by atoms with Gasteiger partial charge >= 0.3 is 0 Å². The van der Waals surface area contributed by atoms with Crippen molar-refractivity contribution in [2.75, 3.05) is 37.7 Å². The van der Waals surface area contributed by atoms with Gasteiger partial charge in [-0.15, -0.1) is 0 Å². The fourth-order valence-corrected chi connectivity index (χ4v) is 2.45. The average Bonchev–Trinajstić information content (AvgIpc) is 2.40. The Labute approximate surface area is 105 Å². The lowest BCUT2D eigenvalue weighted by Gasteiger charge is -2.28. The van der Waals surface area contributed by atoms with E-state index in [0.717, 1.165) is 63.0 Å². The molecular weight excluding hydrogens is 240 g/mol. The Morgan fingerprint density at radius 1 is 1.24 bits per heavy atom. The van der Waals surface area contributed by atoms with Gasteiger partial charge in [-0.3, -0.25) is 0 Å². The summed E-state index contributed by atoms with van der Waals surface area (Å²) in [5.41, 5.74) is 2.14. The summed E-state index contributed by atoms with van der Waals surface area (Å²) < 4.78 is 5.32. The second-order valence-corrected chi connectivity index (χ2v) is 4.62. The zero-order valence-corrected chi connectivity index (χ0v) is 10.3. The van der Waals surface area contributed by atoms with E-state index in [0.29, 0.717) is 5.15 Å². The zero-order chi connectivity index (χ0) is 11.7. The standard InChI is InChI=1S/C11H15ClN4O/c12-10-8-7-13-2-1-9(8)14-11(15-10)16-3-5-17-6-4-16/h13H,1-7H2. The summed E-state index contributed by atoms with van der Waals surface area (Å²) in [6.45, 7) is 4.89. The summed E-state index contributed by atoms with van der Waals surface area (Å²) in [6.07, 6.45) is 0.926. The summed E-state index contributed by atoms with van der Waals surface area (Å²) in [6, 6.07) is 0. The van der Waals surface area contributed by atoms with Crippen molar-refractivity contribution in [1.82, 2.24) is 15.3 Å². The first-order chi connectivity index (χ1) is 8.34. The third-order valence-corrected chi connectivity index (χ3v) is 3.48. The van der Waals surface area contributed by atoms with Gasteiger partial charge in [-0.25, -0.2) is 9.97 Å². The van der Waals surface area contributed by atoms with Crippen LogP contribution in [0.2, 0.25) is 5.15 Å². The van der Waals surface area contributed by atoms with E-state index in [1.54, 1.807) is 0 Å². The van der Waals surface area contributed by atoms with Crippen LogP contribution in [0.1, 0.15) is 11.3 Å². The molecule has 6 heteroatoms. The first kappa shape index (κ1) is 11.2. The van der Waals surface area contributed by atoms with Crippen molar-refractivity contribution in [3.8, 4) is 0 Å². The van der Waals surface area contributed by atoms with Crippen molar-refractivity contribution in [1.29, 1.82) is 0 Å². The number of anilines is 1. The predicted molar refractivity (Wildman–Crippen MR) is 65.5 cm³/mol. The molecule has 1 aromatic rings. The summed E-state index contributed by atoms with van der Waals surface area (Å²) in [7, 11) is 0. The van der Waals surface area contributed by atoms with Gasteiger partial charge in [0, 0.05) is 38.2 Å². The van der Waals surface area contributed by atoms with Crippen LogP contribution in [0.15, 0.2) is 0 Å². The summed E-state index contributed by atoms with van der Waals surface area (Å²) in [5, 5.41) is 3.87. The minimum absolute atomic E-state index is 0.587. The number of morpholine rings is 1. The molecule has 0 amide bonds. The van der Waals surface area contributed by atoms with Crippen molar-refractivity contribution in [2.24, 2.45) is 0 Å². The SMILES string of the molecule is Clc1nc(N2CCOCC2)nc2c1CNCC2. The quantitative estimate of drug-likeness (QED) is 0.745. The van der Waals surface area contributed by atoms with Crippen LogP contribution in [0.4, 0.5) is 5.95 Å². The number of halogens is 1. The van der Waals surface area contributed by atoms with E-state index in [4.69, 9.17) is 16.3 Å².